The molecule has 0 radical (unpaired) electrons. The Bertz CT molecular complexity index is 1050. The molecule has 2 N–H and O–H groups in total. The minimum Gasteiger partial charge on any atom is -0.348 e. The Morgan fingerprint density at radius 2 is 1.47 bits per heavy atom. The zero-order valence-electron chi connectivity index (χ0n) is 22.6. The molecule has 2 atom stereocenters. The molecule has 0 aliphatic rings. The first kappa shape index (κ1) is 27.6. The van der Waals surface area contributed by atoms with Gasteiger partial charge in [-0.1, -0.05) is 87.5 Å². The summed E-state index contributed by atoms with van der Waals surface area (Å²) in [6.45, 7) is 8.42. The Kier molecular flexibility index (Phi) is 10.7. The summed E-state index contributed by atoms with van der Waals surface area (Å²) in [6.07, 6.45) is 2.95. The molecule has 192 valence electrons. The Balaban J connectivity index is 1.72. The van der Waals surface area contributed by atoms with E-state index in [4.69, 9.17) is 0 Å². The van der Waals surface area contributed by atoms with E-state index in [0.29, 0.717) is 17.5 Å². The van der Waals surface area contributed by atoms with Crippen molar-refractivity contribution in [2.24, 2.45) is 5.92 Å². The van der Waals surface area contributed by atoms with Crippen molar-refractivity contribution in [1.29, 1.82) is 0 Å². The van der Waals surface area contributed by atoms with Crippen molar-refractivity contribution < 1.29 is 4.79 Å². The number of aryl methyl sites for hydroxylation is 1. The minimum absolute atomic E-state index is 0.0117. The molecular weight excluding hydrogens is 442 g/mol. The number of carbonyl (C=O) groups is 1. The van der Waals surface area contributed by atoms with E-state index < -0.39 is 0 Å². The highest BCUT2D eigenvalue weighted by atomic mass is 16.1. The molecule has 0 bridgehead atoms. The van der Waals surface area contributed by atoms with E-state index in [0.717, 1.165) is 37.9 Å². The highest BCUT2D eigenvalue weighted by Gasteiger charge is 2.22. The lowest BCUT2D eigenvalue weighted by atomic mass is 10.00. The smallest absolute Gasteiger partial charge is 0.251 e. The summed E-state index contributed by atoms with van der Waals surface area (Å²) in [5, 5.41) is 6.68. The Morgan fingerprint density at radius 3 is 2.03 bits per heavy atom. The third kappa shape index (κ3) is 8.32. The molecule has 3 aromatic carbocycles. The molecule has 0 aliphatic heterocycles. The van der Waals surface area contributed by atoms with Crippen molar-refractivity contribution in [3.63, 3.8) is 0 Å². The van der Waals surface area contributed by atoms with Gasteiger partial charge in [-0.15, -0.1) is 0 Å². The van der Waals surface area contributed by atoms with Gasteiger partial charge in [0.15, 0.2) is 0 Å². The standard InChI is InChI=1S/C32H43N3O/c1-6-25-12-14-27(15-13-25)28-16-18-29(19-17-28)32(36)34-30(21-26-10-8-7-9-11-26)23-35(5)31(22-33-4)20-24(2)3/h7-19,24,30-31,33H,6,20-23H2,1-5H3,(H,34,36)/t30-,31-/m0/s1. The number of nitrogens with one attached hydrogen (secondary N) is 2. The van der Waals surface area contributed by atoms with Crippen molar-refractivity contribution in [2.75, 3.05) is 27.2 Å². The Labute approximate surface area is 218 Å². The number of nitrogens with zero attached hydrogens (tertiary/aromatic N) is 1. The van der Waals surface area contributed by atoms with E-state index in [9.17, 15) is 4.79 Å². The van der Waals surface area contributed by atoms with Gasteiger partial charge >= 0.3 is 0 Å². The van der Waals surface area contributed by atoms with Crippen LogP contribution in [-0.4, -0.2) is 50.1 Å². The van der Waals surface area contributed by atoms with Crippen LogP contribution in [0, 0.1) is 5.92 Å². The van der Waals surface area contributed by atoms with Crippen LogP contribution in [0.2, 0.25) is 0 Å². The maximum Gasteiger partial charge on any atom is 0.251 e. The first-order valence-electron chi connectivity index (χ1n) is 13.3. The third-order valence-corrected chi connectivity index (χ3v) is 6.82. The average Bonchev–Trinajstić information content (AvgIpc) is 2.89. The van der Waals surface area contributed by atoms with Gasteiger partial charge in [0, 0.05) is 30.7 Å². The van der Waals surface area contributed by atoms with Crippen LogP contribution in [0.5, 0.6) is 0 Å². The summed E-state index contributed by atoms with van der Waals surface area (Å²) in [4.78, 5) is 15.7. The quantitative estimate of drug-likeness (QED) is 0.320. The van der Waals surface area contributed by atoms with Crippen LogP contribution in [0.4, 0.5) is 0 Å². The first-order valence-corrected chi connectivity index (χ1v) is 13.3. The third-order valence-electron chi connectivity index (χ3n) is 6.82. The molecule has 36 heavy (non-hydrogen) atoms. The largest absolute Gasteiger partial charge is 0.348 e. The highest BCUT2D eigenvalue weighted by Crippen LogP contribution is 2.21. The summed E-state index contributed by atoms with van der Waals surface area (Å²) >= 11 is 0. The summed E-state index contributed by atoms with van der Waals surface area (Å²) in [6, 6.07) is 27.5. The summed E-state index contributed by atoms with van der Waals surface area (Å²) in [5.41, 5.74) is 5.55. The lowest BCUT2D eigenvalue weighted by molar-refractivity contribution is 0.0918. The molecule has 0 saturated carbocycles. The van der Waals surface area contributed by atoms with E-state index in [1.54, 1.807) is 0 Å². The van der Waals surface area contributed by atoms with Crippen LogP contribution >= 0.6 is 0 Å². The number of amides is 1. The van der Waals surface area contributed by atoms with E-state index in [2.05, 4.69) is 91.9 Å². The number of benzene rings is 3. The summed E-state index contributed by atoms with van der Waals surface area (Å²) in [5.74, 6) is 0.593. The van der Waals surface area contributed by atoms with Gasteiger partial charge in [0.05, 0.1) is 0 Å². The Morgan fingerprint density at radius 1 is 0.861 bits per heavy atom. The number of hydrogen-bond donors (Lipinski definition) is 2. The highest BCUT2D eigenvalue weighted by molar-refractivity contribution is 5.94. The molecule has 0 aliphatic carbocycles. The predicted octanol–water partition coefficient (Wildman–Crippen LogP) is 5.82. The van der Waals surface area contributed by atoms with Gasteiger partial charge in [-0.2, -0.15) is 0 Å². The molecule has 0 aromatic heterocycles. The van der Waals surface area contributed by atoms with Gasteiger partial charge in [-0.25, -0.2) is 0 Å². The molecule has 4 heteroatoms. The van der Waals surface area contributed by atoms with Crippen molar-refractivity contribution in [3.8, 4) is 11.1 Å². The van der Waals surface area contributed by atoms with E-state index in [-0.39, 0.29) is 11.9 Å². The molecule has 0 heterocycles. The van der Waals surface area contributed by atoms with Crippen LogP contribution in [0.3, 0.4) is 0 Å². The van der Waals surface area contributed by atoms with Gasteiger partial charge in [-0.05, 0) is 73.7 Å². The van der Waals surface area contributed by atoms with E-state index in [1.807, 2.05) is 37.4 Å². The van der Waals surface area contributed by atoms with Crippen molar-refractivity contribution >= 4 is 5.91 Å². The van der Waals surface area contributed by atoms with Crippen LogP contribution in [0.25, 0.3) is 11.1 Å². The van der Waals surface area contributed by atoms with E-state index in [1.165, 1.54) is 16.7 Å². The first-order chi connectivity index (χ1) is 17.4. The second-order valence-electron chi connectivity index (χ2n) is 10.3. The topological polar surface area (TPSA) is 44.4 Å². The lowest BCUT2D eigenvalue weighted by Gasteiger charge is -2.33. The van der Waals surface area contributed by atoms with Crippen molar-refractivity contribution in [1.82, 2.24) is 15.5 Å². The number of hydrogen-bond acceptors (Lipinski definition) is 3. The van der Waals surface area contributed by atoms with Crippen LogP contribution < -0.4 is 10.6 Å². The minimum atomic E-state index is -0.0220. The fraction of sp³-hybridized carbons (Fsp3) is 0.406. The van der Waals surface area contributed by atoms with Gasteiger partial charge in [0.25, 0.3) is 5.91 Å². The zero-order valence-corrected chi connectivity index (χ0v) is 22.6. The normalized spacial score (nSPS) is 13.1. The summed E-state index contributed by atoms with van der Waals surface area (Å²) < 4.78 is 0. The molecule has 1 amide bonds. The lowest BCUT2D eigenvalue weighted by Crippen LogP contribution is -2.49. The molecular formula is C32H43N3O. The van der Waals surface area contributed by atoms with Gasteiger partial charge < -0.3 is 15.5 Å². The van der Waals surface area contributed by atoms with E-state index >= 15 is 0 Å². The van der Waals surface area contributed by atoms with Crippen molar-refractivity contribution in [3.05, 3.63) is 95.6 Å². The number of rotatable bonds is 13. The molecule has 4 nitrogen and oxygen atoms in total. The maximum atomic E-state index is 13.3. The second kappa shape index (κ2) is 14.0. The van der Waals surface area contributed by atoms with Gasteiger partial charge in [-0.3, -0.25) is 4.79 Å². The van der Waals surface area contributed by atoms with Crippen LogP contribution in [-0.2, 0) is 12.8 Å². The molecule has 0 fully saturated rings. The number of likely N-dealkylation sites (N-methyl/N-ethyl adjacent to an activating group) is 2. The molecule has 3 rings (SSSR count). The Hall–Kier alpha value is -2.95. The van der Waals surface area contributed by atoms with Gasteiger partial charge in [0.2, 0.25) is 0 Å². The fourth-order valence-electron chi connectivity index (χ4n) is 4.77. The molecule has 3 aromatic rings. The van der Waals surface area contributed by atoms with Gasteiger partial charge in [0.1, 0.15) is 0 Å². The molecule has 0 saturated heterocycles. The zero-order chi connectivity index (χ0) is 25.9. The predicted molar refractivity (Wildman–Crippen MR) is 152 cm³/mol. The number of carbonyl (C=O) groups excluding carboxylic acids is 1. The summed E-state index contributed by atoms with van der Waals surface area (Å²) in [7, 11) is 4.18. The molecule has 0 spiro atoms. The second-order valence-corrected chi connectivity index (χ2v) is 10.3. The monoisotopic (exact) mass is 485 g/mol. The van der Waals surface area contributed by atoms with Crippen LogP contribution in [0.15, 0.2) is 78.9 Å². The average molecular weight is 486 g/mol. The van der Waals surface area contributed by atoms with Crippen molar-refractivity contribution in [2.45, 2.75) is 52.1 Å². The fourth-order valence-corrected chi connectivity index (χ4v) is 4.77. The van der Waals surface area contributed by atoms with Crippen LogP contribution in [0.1, 0.15) is 48.7 Å². The molecule has 0 unspecified atom stereocenters. The SMILES string of the molecule is CCc1ccc(-c2ccc(C(=O)N[C@@H](Cc3ccccc3)CN(C)[C@H](CNC)CC(C)C)cc2)cc1. The maximum absolute atomic E-state index is 13.3.